The summed E-state index contributed by atoms with van der Waals surface area (Å²) in [6, 6.07) is 0. The topological polar surface area (TPSA) is 91.3 Å². The van der Waals surface area contributed by atoms with Crippen molar-refractivity contribution in [2.24, 2.45) is 34.0 Å². The van der Waals surface area contributed by atoms with E-state index >= 15 is 0 Å². The number of hydrogen-bond acceptors (Lipinski definition) is 7. The molecule has 1 spiro atoms. The average molecular weight is 517 g/mol. The van der Waals surface area contributed by atoms with E-state index in [1.165, 1.54) is 0 Å². The Balaban J connectivity index is 1.16. The maximum Gasteiger partial charge on any atom is 0.331 e. The van der Waals surface area contributed by atoms with E-state index in [4.69, 9.17) is 18.9 Å². The summed E-state index contributed by atoms with van der Waals surface area (Å²) in [7, 11) is 1.63. The van der Waals surface area contributed by atoms with Crippen LogP contribution in [0.15, 0.2) is 11.6 Å². The molecule has 2 aliphatic heterocycles. The first-order chi connectivity index (χ1) is 17.6. The van der Waals surface area contributed by atoms with Gasteiger partial charge in [0.15, 0.2) is 6.29 Å². The SMILES string of the molecule is CO[C@H]1C[C@H](O[C@H]2CC[C@@]3(C)[C@H](CC[C@@]45CC[C@H](C6=CC(=O)OC6)[C@@](C)(CC[C@@H]43)C5=O)C2)O[C@@H](C)[C@@H]1O. The van der Waals surface area contributed by atoms with Gasteiger partial charge in [0.2, 0.25) is 0 Å². The van der Waals surface area contributed by atoms with E-state index in [1.807, 2.05) is 6.92 Å². The average Bonchev–Trinajstić information content (AvgIpc) is 3.29. The Morgan fingerprint density at radius 3 is 2.54 bits per heavy atom. The molecule has 0 amide bonds. The highest BCUT2D eigenvalue weighted by molar-refractivity contribution is 5.93. The Kier molecular flexibility index (Phi) is 6.42. The Labute approximate surface area is 220 Å². The number of carbonyl (C=O) groups is 2. The lowest BCUT2D eigenvalue weighted by Crippen LogP contribution is -2.64. The number of carbonyl (C=O) groups excluding carboxylic acids is 2. The van der Waals surface area contributed by atoms with Crippen LogP contribution in [0, 0.1) is 34.0 Å². The molecule has 0 radical (unpaired) electrons. The molecule has 1 saturated heterocycles. The quantitative estimate of drug-likeness (QED) is 0.439. The van der Waals surface area contributed by atoms with Crippen molar-refractivity contribution >= 4 is 11.8 Å². The van der Waals surface area contributed by atoms with Crippen LogP contribution < -0.4 is 0 Å². The van der Waals surface area contributed by atoms with Crippen LogP contribution in [-0.4, -0.2) is 61.3 Å². The molecule has 2 bridgehead atoms. The molecular weight excluding hydrogens is 472 g/mol. The summed E-state index contributed by atoms with van der Waals surface area (Å²) < 4.78 is 23.2. The first kappa shape index (κ1) is 26.0. The molecule has 0 aromatic carbocycles. The summed E-state index contributed by atoms with van der Waals surface area (Å²) in [6.45, 7) is 6.87. The fourth-order valence-corrected chi connectivity index (χ4v) is 9.85. The number of hydrogen-bond donors (Lipinski definition) is 1. The van der Waals surface area contributed by atoms with Gasteiger partial charge in [-0.25, -0.2) is 4.79 Å². The predicted molar refractivity (Wildman–Crippen MR) is 135 cm³/mol. The van der Waals surface area contributed by atoms with E-state index in [-0.39, 0.29) is 52.7 Å². The number of aliphatic hydroxyl groups is 1. The lowest BCUT2D eigenvalue weighted by molar-refractivity contribution is -0.272. The first-order valence-electron chi connectivity index (χ1n) is 14.5. The van der Waals surface area contributed by atoms with Crippen molar-refractivity contribution < 1.29 is 33.6 Å². The van der Waals surface area contributed by atoms with Crippen molar-refractivity contribution in [2.45, 2.75) is 116 Å². The summed E-state index contributed by atoms with van der Waals surface area (Å²) >= 11 is 0. The zero-order chi connectivity index (χ0) is 26.2. The fraction of sp³-hybridized carbons (Fsp3) is 0.867. The summed E-state index contributed by atoms with van der Waals surface area (Å²) in [5.41, 5.74) is 0.597. The minimum atomic E-state index is -0.628. The molecule has 4 saturated carbocycles. The number of aliphatic hydroxyl groups excluding tert-OH is 1. The van der Waals surface area contributed by atoms with Gasteiger partial charge in [-0.15, -0.1) is 0 Å². The minimum Gasteiger partial charge on any atom is -0.458 e. The van der Waals surface area contributed by atoms with Crippen molar-refractivity contribution in [3.8, 4) is 0 Å². The van der Waals surface area contributed by atoms with Crippen molar-refractivity contribution in [1.29, 1.82) is 0 Å². The smallest absolute Gasteiger partial charge is 0.331 e. The minimum absolute atomic E-state index is 0.139. The maximum atomic E-state index is 14.4. The van der Waals surface area contributed by atoms with Crippen molar-refractivity contribution in [2.75, 3.05) is 13.7 Å². The number of esters is 1. The third kappa shape index (κ3) is 3.89. The van der Waals surface area contributed by atoms with Crippen LogP contribution in [0.2, 0.25) is 0 Å². The Bertz CT molecular complexity index is 977. The molecule has 7 heteroatoms. The zero-order valence-corrected chi connectivity index (χ0v) is 22.9. The molecule has 0 unspecified atom stereocenters. The molecule has 37 heavy (non-hydrogen) atoms. The van der Waals surface area contributed by atoms with Crippen LogP contribution >= 0.6 is 0 Å². The highest BCUT2D eigenvalue weighted by Crippen LogP contribution is 2.70. The number of methoxy groups -OCH3 is 1. The molecule has 206 valence electrons. The molecule has 4 aliphatic carbocycles. The predicted octanol–water partition coefficient (Wildman–Crippen LogP) is 4.35. The highest BCUT2D eigenvalue weighted by Gasteiger charge is 2.67. The normalized spacial score (nSPS) is 51.6. The van der Waals surface area contributed by atoms with E-state index in [0.29, 0.717) is 30.6 Å². The van der Waals surface area contributed by atoms with Crippen LogP contribution in [0.5, 0.6) is 0 Å². The van der Waals surface area contributed by atoms with Gasteiger partial charge in [-0.1, -0.05) is 13.8 Å². The van der Waals surface area contributed by atoms with E-state index in [1.54, 1.807) is 13.2 Å². The van der Waals surface area contributed by atoms with E-state index < -0.39 is 6.10 Å². The number of ether oxygens (including phenoxy) is 4. The summed E-state index contributed by atoms with van der Waals surface area (Å²) in [5.74, 6) is 1.33. The van der Waals surface area contributed by atoms with E-state index in [0.717, 1.165) is 63.4 Å². The number of Topliss-reactive ketones (excluding diaryl/α,β-unsaturated/α-hetero) is 1. The molecule has 0 aromatic rings. The Morgan fingerprint density at radius 1 is 1.03 bits per heavy atom. The van der Waals surface area contributed by atoms with Gasteiger partial charge in [0.25, 0.3) is 0 Å². The Morgan fingerprint density at radius 2 is 1.81 bits per heavy atom. The lowest BCUT2D eigenvalue weighted by atomic mass is 9.37. The van der Waals surface area contributed by atoms with Gasteiger partial charge in [0.05, 0.1) is 18.3 Å². The van der Waals surface area contributed by atoms with Crippen molar-refractivity contribution in [1.82, 2.24) is 0 Å². The summed E-state index contributed by atoms with van der Waals surface area (Å²) in [4.78, 5) is 26.1. The second-order valence-corrected chi connectivity index (χ2v) is 13.5. The summed E-state index contributed by atoms with van der Waals surface area (Å²) in [5, 5.41) is 10.3. The molecule has 1 N–H and O–H groups in total. The monoisotopic (exact) mass is 516 g/mol. The number of ketones is 1. The molecule has 6 rings (SSSR count). The third-order valence-corrected chi connectivity index (χ3v) is 11.9. The first-order valence-corrected chi connectivity index (χ1v) is 14.5. The van der Waals surface area contributed by atoms with Gasteiger partial charge in [-0.3, -0.25) is 4.79 Å². The zero-order valence-electron chi connectivity index (χ0n) is 22.9. The van der Waals surface area contributed by atoms with E-state index in [9.17, 15) is 14.7 Å². The summed E-state index contributed by atoms with van der Waals surface area (Å²) in [6.07, 6.45) is 9.85. The van der Waals surface area contributed by atoms with Crippen molar-refractivity contribution in [3.63, 3.8) is 0 Å². The van der Waals surface area contributed by atoms with Gasteiger partial charge in [0.1, 0.15) is 18.5 Å². The molecular formula is C30H44O7. The molecule has 6 aliphatic rings. The van der Waals surface area contributed by atoms with E-state index in [2.05, 4.69) is 13.8 Å². The van der Waals surface area contributed by atoms with Gasteiger partial charge in [-0.2, -0.15) is 0 Å². The largest absolute Gasteiger partial charge is 0.458 e. The van der Waals surface area contributed by atoms with Crippen molar-refractivity contribution in [3.05, 3.63) is 11.6 Å². The molecule has 2 heterocycles. The number of cyclic esters (lactones) is 1. The van der Waals surface area contributed by atoms with Gasteiger partial charge in [-0.05, 0) is 93.5 Å². The number of rotatable bonds is 4. The van der Waals surface area contributed by atoms with Crippen LogP contribution in [-0.2, 0) is 28.5 Å². The van der Waals surface area contributed by atoms with Crippen LogP contribution in [0.3, 0.4) is 0 Å². The Hall–Kier alpha value is -1.28. The maximum absolute atomic E-state index is 14.4. The van der Waals surface area contributed by atoms with Crippen LogP contribution in [0.4, 0.5) is 0 Å². The van der Waals surface area contributed by atoms with Crippen LogP contribution in [0.1, 0.15) is 85.0 Å². The van der Waals surface area contributed by atoms with Crippen LogP contribution in [0.25, 0.3) is 0 Å². The fourth-order valence-electron chi connectivity index (χ4n) is 9.85. The number of fused-ring (bicyclic) bond motifs is 3. The second-order valence-electron chi connectivity index (χ2n) is 13.5. The third-order valence-electron chi connectivity index (χ3n) is 11.9. The highest BCUT2D eigenvalue weighted by atomic mass is 16.7. The molecule has 7 nitrogen and oxygen atoms in total. The van der Waals surface area contributed by atoms with Gasteiger partial charge < -0.3 is 24.1 Å². The van der Waals surface area contributed by atoms with Gasteiger partial charge in [0, 0.05) is 30.4 Å². The molecule has 0 aromatic heterocycles. The van der Waals surface area contributed by atoms with Gasteiger partial charge >= 0.3 is 5.97 Å². The molecule has 11 atom stereocenters. The standard InChI is InChI=1S/C30H44O7/c1-17-26(32)22(34-4)15-25(36-17)37-20-6-9-28(2)19(14-20)5-11-30-12-7-21(18-13-24(31)35-16-18)29(3,27(30)33)10-8-23(28)30/h13,17,19-23,25-26,32H,5-12,14-16H2,1-4H3/t17-,19+,20-,21+,22-,23+,25-,26-,28-,29+,30+/m0/s1. The second kappa shape index (κ2) is 9.14. The molecule has 5 fully saturated rings. The lowest BCUT2D eigenvalue weighted by Gasteiger charge is -2.66.